The van der Waals surface area contributed by atoms with Gasteiger partial charge in [0.25, 0.3) is 0 Å². The first-order chi connectivity index (χ1) is 35.9. The molecule has 0 rings (SSSR count). The zero-order valence-electron chi connectivity index (χ0n) is 50.1. The Morgan fingerprint density at radius 2 is 0.479 bits per heavy atom. The lowest BCUT2D eigenvalue weighted by Crippen LogP contribution is -2.30. The fourth-order valence-corrected chi connectivity index (χ4v) is 10.5. The van der Waals surface area contributed by atoms with Gasteiger partial charge in [0.1, 0.15) is 13.2 Å². The highest BCUT2D eigenvalue weighted by molar-refractivity contribution is 5.71. The van der Waals surface area contributed by atoms with E-state index in [1.807, 2.05) is 0 Å². The predicted octanol–water partition coefficient (Wildman–Crippen LogP) is 22.5. The molecule has 0 aromatic carbocycles. The Bertz CT molecular complexity index is 1110. The predicted molar refractivity (Wildman–Crippen MR) is 317 cm³/mol. The van der Waals surface area contributed by atoms with Gasteiger partial charge in [0.15, 0.2) is 6.10 Å². The fourth-order valence-electron chi connectivity index (χ4n) is 10.5. The molecule has 0 amide bonds. The summed E-state index contributed by atoms with van der Waals surface area (Å²) in [4.78, 5) is 38.3. The first kappa shape index (κ1) is 71.4. The van der Waals surface area contributed by atoms with Crippen LogP contribution < -0.4 is 0 Å². The van der Waals surface area contributed by atoms with E-state index in [9.17, 15) is 14.4 Å². The third-order valence-electron chi connectivity index (χ3n) is 15.9. The van der Waals surface area contributed by atoms with E-state index < -0.39 is 6.10 Å². The molecular weight excluding hydrogens is 901 g/mol. The van der Waals surface area contributed by atoms with E-state index in [2.05, 4.69) is 27.7 Å². The molecule has 0 spiro atoms. The van der Waals surface area contributed by atoms with Crippen molar-refractivity contribution in [2.75, 3.05) is 13.2 Å². The maximum Gasteiger partial charge on any atom is 0.306 e. The molecule has 0 saturated heterocycles. The molecule has 0 bridgehead atoms. The van der Waals surface area contributed by atoms with Crippen molar-refractivity contribution in [2.45, 2.75) is 393 Å². The van der Waals surface area contributed by atoms with E-state index in [1.165, 1.54) is 283 Å². The zero-order chi connectivity index (χ0) is 53.0. The van der Waals surface area contributed by atoms with Gasteiger partial charge in [-0.1, -0.05) is 349 Å². The summed E-state index contributed by atoms with van der Waals surface area (Å²) in [5.74, 6) is 0.0856. The molecule has 1 unspecified atom stereocenters. The van der Waals surface area contributed by atoms with Crippen LogP contribution in [0.15, 0.2) is 0 Å². The van der Waals surface area contributed by atoms with Gasteiger partial charge in [0.05, 0.1) is 0 Å². The van der Waals surface area contributed by atoms with Crippen molar-refractivity contribution in [3.63, 3.8) is 0 Å². The second-order valence-electron chi connectivity index (χ2n) is 23.4. The van der Waals surface area contributed by atoms with Gasteiger partial charge in [-0.05, 0) is 25.2 Å². The molecule has 0 fully saturated rings. The molecule has 2 atom stereocenters. The Balaban J connectivity index is 4.24. The SMILES string of the molecule is CCCCCCCCCCCCCCCCCCCCCC(=O)O[C@@H](COC(=O)CCCCCCCCCCCCCCCC)COC(=O)CCCCCCCCCCCCCCCCCCCCC(C)CC. The van der Waals surface area contributed by atoms with Crippen LogP contribution in [0, 0.1) is 5.92 Å². The van der Waals surface area contributed by atoms with Gasteiger partial charge in [-0.25, -0.2) is 0 Å². The van der Waals surface area contributed by atoms with Crippen LogP contribution >= 0.6 is 0 Å². The van der Waals surface area contributed by atoms with Gasteiger partial charge in [-0.2, -0.15) is 0 Å². The van der Waals surface area contributed by atoms with Gasteiger partial charge in [-0.15, -0.1) is 0 Å². The third-order valence-corrected chi connectivity index (χ3v) is 15.9. The van der Waals surface area contributed by atoms with Crippen LogP contribution in [0.4, 0.5) is 0 Å². The summed E-state index contributed by atoms with van der Waals surface area (Å²) in [7, 11) is 0. The average Bonchev–Trinajstić information content (AvgIpc) is 3.39. The molecule has 0 heterocycles. The lowest BCUT2D eigenvalue weighted by Gasteiger charge is -2.18. The maximum atomic E-state index is 12.9. The Labute approximate surface area is 457 Å². The van der Waals surface area contributed by atoms with Crippen LogP contribution in [0.3, 0.4) is 0 Å². The van der Waals surface area contributed by atoms with Crippen molar-refractivity contribution >= 4 is 17.9 Å². The fraction of sp³-hybridized carbons (Fsp3) is 0.955. The van der Waals surface area contributed by atoms with E-state index in [-0.39, 0.29) is 31.1 Å². The number of esters is 3. The molecule has 0 aliphatic rings. The summed E-state index contributed by atoms with van der Waals surface area (Å²) < 4.78 is 17.0. The largest absolute Gasteiger partial charge is 0.462 e. The van der Waals surface area contributed by atoms with Crippen molar-refractivity contribution < 1.29 is 28.6 Å². The van der Waals surface area contributed by atoms with Crippen LogP contribution in [-0.2, 0) is 28.6 Å². The van der Waals surface area contributed by atoms with Gasteiger partial charge in [0.2, 0.25) is 0 Å². The molecule has 434 valence electrons. The number of hydrogen-bond donors (Lipinski definition) is 0. The second-order valence-corrected chi connectivity index (χ2v) is 23.4. The van der Waals surface area contributed by atoms with Gasteiger partial charge < -0.3 is 14.2 Å². The first-order valence-electron chi connectivity index (χ1n) is 33.4. The van der Waals surface area contributed by atoms with Crippen molar-refractivity contribution in [3.8, 4) is 0 Å². The summed E-state index contributed by atoms with van der Waals surface area (Å²) >= 11 is 0. The monoisotopic (exact) mass is 1030 g/mol. The summed E-state index contributed by atoms with van der Waals surface area (Å²) in [6.07, 6.45) is 69.6. The summed E-state index contributed by atoms with van der Waals surface area (Å²) in [5.41, 5.74) is 0. The van der Waals surface area contributed by atoms with E-state index in [0.717, 1.165) is 63.7 Å². The quantitative estimate of drug-likeness (QED) is 0.0343. The Hall–Kier alpha value is -1.59. The highest BCUT2D eigenvalue weighted by Crippen LogP contribution is 2.19. The van der Waals surface area contributed by atoms with E-state index in [1.54, 1.807) is 0 Å². The van der Waals surface area contributed by atoms with Gasteiger partial charge in [0, 0.05) is 19.3 Å². The minimum absolute atomic E-state index is 0.0609. The van der Waals surface area contributed by atoms with Crippen LogP contribution in [0.2, 0.25) is 0 Å². The molecule has 6 nitrogen and oxygen atoms in total. The number of hydrogen-bond acceptors (Lipinski definition) is 6. The molecule has 0 radical (unpaired) electrons. The highest BCUT2D eigenvalue weighted by Gasteiger charge is 2.19. The lowest BCUT2D eigenvalue weighted by molar-refractivity contribution is -0.167. The molecule has 0 N–H and O–H groups in total. The minimum atomic E-state index is -0.763. The number of rotatable bonds is 62. The molecule has 0 saturated carbocycles. The molecule has 73 heavy (non-hydrogen) atoms. The number of ether oxygens (including phenoxy) is 3. The summed E-state index contributed by atoms with van der Waals surface area (Å²) in [5, 5.41) is 0. The van der Waals surface area contributed by atoms with Crippen LogP contribution in [0.5, 0.6) is 0 Å². The van der Waals surface area contributed by atoms with E-state index in [4.69, 9.17) is 14.2 Å². The second kappa shape index (κ2) is 61.3. The Morgan fingerprint density at radius 3 is 0.712 bits per heavy atom. The normalized spacial score (nSPS) is 12.3. The standard InChI is InChI=1S/C67H130O6/c1-5-8-10-12-14-16-18-20-22-23-24-29-32-36-40-44-48-52-56-60-67(70)73-64(61-71-65(68)58-54-50-46-42-38-34-21-19-17-15-13-11-9-6-2)62-72-66(69)59-55-51-47-43-39-35-31-28-26-25-27-30-33-37-41-45-49-53-57-63(4)7-3/h63-64H,5-62H2,1-4H3/t63?,64-/m0/s1. The van der Waals surface area contributed by atoms with Crippen molar-refractivity contribution in [2.24, 2.45) is 5.92 Å². The maximum absolute atomic E-state index is 12.9. The molecule has 0 aromatic heterocycles. The lowest BCUT2D eigenvalue weighted by atomic mass is 9.99. The topological polar surface area (TPSA) is 78.9 Å². The molecule has 0 aromatic rings. The zero-order valence-corrected chi connectivity index (χ0v) is 50.1. The van der Waals surface area contributed by atoms with Crippen molar-refractivity contribution in [1.29, 1.82) is 0 Å². The average molecular weight is 1030 g/mol. The number of carbonyl (C=O) groups is 3. The van der Waals surface area contributed by atoms with Crippen molar-refractivity contribution in [1.82, 2.24) is 0 Å². The Morgan fingerprint density at radius 1 is 0.274 bits per heavy atom. The van der Waals surface area contributed by atoms with Gasteiger partial charge >= 0.3 is 17.9 Å². The third kappa shape index (κ3) is 59.5. The molecule has 6 heteroatoms. The van der Waals surface area contributed by atoms with Crippen LogP contribution in [-0.4, -0.2) is 37.2 Å². The number of carbonyl (C=O) groups excluding carboxylic acids is 3. The van der Waals surface area contributed by atoms with Crippen LogP contribution in [0.25, 0.3) is 0 Å². The number of unbranched alkanes of at least 4 members (excludes halogenated alkanes) is 48. The first-order valence-corrected chi connectivity index (χ1v) is 33.4. The van der Waals surface area contributed by atoms with E-state index >= 15 is 0 Å². The van der Waals surface area contributed by atoms with Gasteiger partial charge in [-0.3, -0.25) is 14.4 Å². The molecule has 0 aliphatic carbocycles. The summed E-state index contributed by atoms with van der Waals surface area (Å²) in [6, 6.07) is 0. The minimum Gasteiger partial charge on any atom is -0.462 e. The highest BCUT2D eigenvalue weighted by atomic mass is 16.6. The Kier molecular flexibility index (Phi) is 59.9. The molecular formula is C67H130O6. The van der Waals surface area contributed by atoms with Crippen molar-refractivity contribution in [3.05, 3.63) is 0 Å². The summed E-state index contributed by atoms with van der Waals surface area (Å²) in [6.45, 7) is 9.14. The smallest absolute Gasteiger partial charge is 0.306 e. The van der Waals surface area contributed by atoms with E-state index in [0.29, 0.717) is 19.3 Å². The molecule has 0 aliphatic heterocycles. The van der Waals surface area contributed by atoms with Crippen LogP contribution in [0.1, 0.15) is 387 Å².